The monoisotopic (exact) mass is 604 g/mol. The zero-order valence-corrected chi connectivity index (χ0v) is 27.0. The van der Waals surface area contributed by atoms with E-state index in [-0.39, 0.29) is 39.5 Å². The number of fused-ring (bicyclic) bond motifs is 7. The van der Waals surface area contributed by atoms with E-state index in [2.05, 4.69) is 20.8 Å². The number of phenolic OH excluding ortho intramolecular Hbond substituents is 1. The Morgan fingerprint density at radius 1 is 1.02 bits per heavy atom. The maximum Gasteiger partial charge on any atom is 0.305 e. The summed E-state index contributed by atoms with van der Waals surface area (Å²) in [4.78, 5) is 35.8. The lowest BCUT2D eigenvalue weighted by atomic mass is 9.47. The summed E-state index contributed by atoms with van der Waals surface area (Å²) < 4.78 is 17.1. The summed E-state index contributed by atoms with van der Waals surface area (Å²) in [5.74, 6) is 4.01. The van der Waals surface area contributed by atoms with E-state index in [9.17, 15) is 19.5 Å². The Labute approximate surface area is 260 Å². The van der Waals surface area contributed by atoms with Crippen molar-refractivity contribution in [1.82, 2.24) is 0 Å². The van der Waals surface area contributed by atoms with Crippen molar-refractivity contribution in [3.05, 3.63) is 45.3 Å². The molecule has 238 valence electrons. The van der Waals surface area contributed by atoms with Crippen LogP contribution in [-0.2, 0) is 20.7 Å². The molecule has 5 aliphatic rings. The summed E-state index contributed by atoms with van der Waals surface area (Å²) in [7, 11) is 0. The molecule has 7 heteroatoms. The minimum Gasteiger partial charge on any atom is -0.507 e. The van der Waals surface area contributed by atoms with E-state index in [1.54, 1.807) is 13.0 Å². The van der Waals surface area contributed by atoms with Gasteiger partial charge in [0.1, 0.15) is 34.3 Å². The molecule has 1 N–H and O–H groups in total. The molecule has 0 radical (unpaired) electrons. The van der Waals surface area contributed by atoms with Crippen LogP contribution < -0.4 is 10.2 Å². The van der Waals surface area contributed by atoms with Crippen molar-refractivity contribution in [2.75, 3.05) is 6.61 Å². The molecule has 7 rings (SSSR count). The van der Waals surface area contributed by atoms with Gasteiger partial charge in [0.25, 0.3) is 0 Å². The van der Waals surface area contributed by atoms with Crippen LogP contribution in [-0.4, -0.2) is 29.6 Å². The van der Waals surface area contributed by atoms with Gasteiger partial charge in [0, 0.05) is 36.0 Å². The molecular weight excluding hydrogens is 556 g/mol. The van der Waals surface area contributed by atoms with Crippen LogP contribution in [0.15, 0.2) is 33.0 Å². The summed E-state index contributed by atoms with van der Waals surface area (Å²) in [6.45, 7) is 11.1. The molecule has 1 aromatic carbocycles. The first-order valence-electron chi connectivity index (χ1n) is 16.8. The van der Waals surface area contributed by atoms with Gasteiger partial charge in [-0.15, -0.1) is 0 Å². The summed E-state index contributed by atoms with van der Waals surface area (Å²) in [5, 5.41) is 10.6. The lowest BCUT2D eigenvalue weighted by Crippen LogP contribution is -2.51. The molecule has 2 aromatic rings. The highest BCUT2D eigenvalue weighted by molar-refractivity contribution is 5.91. The molecule has 7 unspecified atom stereocenters. The van der Waals surface area contributed by atoms with Crippen molar-refractivity contribution < 1.29 is 28.6 Å². The molecule has 0 spiro atoms. The molecule has 7 nitrogen and oxygen atoms in total. The number of hydrogen-bond acceptors (Lipinski definition) is 7. The number of carbonyl (C=O) groups is 2. The van der Waals surface area contributed by atoms with Crippen LogP contribution in [0.4, 0.5) is 0 Å². The lowest BCUT2D eigenvalue weighted by molar-refractivity contribution is -0.159. The number of rotatable bonds is 2. The standard InChI is InChI=1S/C22H32O3.C15H16O4/c1-4-20(24)25-19-8-7-17-16-6-5-14-13-15(23)9-11-21(14,2)18(16)10-12-22(17,19)3;1-8-3-4-10-12(18-7-8)6-13-14(15(10)17)11(16)5-9(2)19-13/h13,16-19H,4-12H2,1-3H3;5-6,8,17H,3-4,7H2,1-2H3. The van der Waals surface area contributed by atoms with Gasteiger partial charge in [-0.3, -0.25) is 14.4 Å². The zero-order valence-electron chi connectivity index (χ0n) is 27.0. The summed E-state index contributed by atoms with van der Waals surface area (Å²) in [6.07, 6.45) is 12.9. The number of ether oxygens (including phenoxy) is 2. The number of ketones is 1. The third-order valence-corrected chi connectivity index (χ3v) is 12.0. The van der Waals surface area contributed by atoms with Gasteiger partial charge in [0.15, 0.2) is 11.2 Å². The van der Waals surface area contributed by atoms with Crippen molar-refractivity contribution in [2.24, 2.45) is 34.5 Å². The molecule has 0 amide bonds. The van der Waals surface area contributed by atoms with E-state index in [4.69, 9.17) is 13.9 Å². The van der Waals surface area contributed by atoms with Gasteiger partial charge in [-0.2, -0.15) is 0 Å². The molecule has 3 fully saturated rings. The molecule has 4 aliphatic carbocycles. The third kappa shape index (κ3) is 5.28. The van der Waals surface area contributed by atoms with Crippen LogP contribution in [0.25, 0.3) is 11.0 Å². The Morgan fingerprint density at radius 2 is 1.82 bits per heavy atom. The fourth-order valence-electron chi connectivity index (χ4n) is 9.46. The number of aryl methyl sites for hydroxylation is 1. The predicted octanol–water partition coefficient (Wildman–Crippen LogP) is 7.61. The van der Waals surface area contributed by atoms with Gasteiger partial charge < -0.3 is 19.0 Å². The van der Waals surface area contributed by atoms with Crippen molar-refractivity contribution in [2.45, 2.75) is 111 Å². The second-order valence-corrected chi connectivity index (χ2v) is 14.7. The van der Waals surface area contributed by atoms with E-state index in [1.165, 1.54) is 30.9 Å². The highest BCUT2D eigenvalue weighted by Crippen LogP contribution is 2.65. The van der Waals surface area contributed by atoms with E-state index in [0.717, 1.165) is 44.4 Å². The van der Waals surface area contributed by atoms with Crippen LogP contribution in [0.3, 0.4) is 0 Å². The average Bonchev–Trinajstić information content (AvgIpc) is 3.19. The van der Waals surface area contributed by atoms with Crippen molar-refractivity contribution in [1.29, 1.82) is 0 Å². The first-order chi connectivity index (χ1) is 20.9. The highest BCUT2D eigenvalue weighted by atomic mass is 16.5. The second kappa shape index (κ2) is 11.7. The van der Waals surface area contributed by atoms with Crippen LogP contribution in [0, 0.1) is 41.4 Å². The normalized spacial score (nSPS) is 34.2. The molecule has 1 aliphatic heterocycles. The molecule has 0 bridgehead atoms. The van der Waals surface area contributed by atoms with E-state index in [0.29, 0.717) is 65.6 Å². The predicted molar refractivity (Wildman–Crippen MR) is 169 cm³/mol. The van der Waals surface area contributed by atoms with E-state index < -0.39 is 0 Å². The largest absolute Gasteiger partial charge is 0.507 e. The summed E-state index contributed by atoms with van der Waals surface area (Å²) in [5.41, 5.74) is 2.71. The van der Waals surface area contributed by atoms with Gasteiger partial charge in [0.2, 0.25) is 0 Å². The number of aromatic hydroxyl groups is 1. The number of benzene rings is 1. The number of allylic oxidation sites excluding steroid dienone is 1. The number of phenols is 1. The lowest BCUT2D eigenvalue weighted by Gasteiger charge is -2.57. The maximum atomic E-state index is 12.0. The second-order valence-electron chi connectivity index (χ2n) is 14.7. The summed E-state index contributed by atoms with van der Waals surface area (Å²) in [6, 6.07) is 3.12. The van der Waals surface area contributed by atoms with Gasteiger partial charge in [-0.1, -0.05) is 33.3 Å². The Balaban J connectivity index is 0.000000162. The Kier molecular flexibility index (Phi) is 8.21. The first kappa shape index (κ1) is 30.9. The smallest absolute Gasteiger partial charge is 0.305 e. The van der Waals surface area contributed by atoms with Crippen LogP contribution in [0.1, 0.15) is 103 Å². The van der Waals surface area contributed by atoms with Crippen LogP contribution in [0.5, 0.6) is 11.5 Å². The van der Waals surface area contributed by atoms with E-state index in [1.807, 2.05) is 13.0 Å². The minimum absolute atomic E-state index is 0.00958. The molecule has 0 saturated heterocycles. The minimum atomic E-state index is -0.212. The van der Waals surface area contributed by atoms with Crippen LogP contribution in [0.2, 0.25) is 0 Å². The fraction of sp³-hybridized carbons (Fsp3) is 0.649. The molecule has 7 atom stereocenters. The maximum absolute atomic E-state index is 12.0. The Hall–Kier alpha value is -3.09. The quantitative estimate of drug-likeness (QED) is 0.352. The van der Waals surface area contributed by atoms with Crippen molar-refractivity contribution in [3.63, 3.8) is 0 Å². The third-order valence-electron chi connectivity index (χ3n) is 12.0. The molecular formula is C37H48O7. The molecule has 44 heavy (non-hydrogen) atoms. The van der Waals surface area contributed by atoms with E-state index >= 15 is 0 Å². The molecule has 3 saturated carbocycles. The number of hydrogen-bond donors (Lipinski definition) is 1. The fourth-order valence-corrected chi connectivity index (χ4v) is 9.46. The van der Waals surface area contributed by atoms with Crippen molar-refractivity contribution >= 4 is 22.7 Å². The number of esters is 1. The highest BCUT2D eigenvalue weighted by Gasteiger charge is 2.59. The first-order valence-corrected chi connectivity index (χ1v) is 16.8. The Morgan fingerprint density at radius 3 is 2.59 bits per heavy atom. The molecule has 1 aromatic heterocycles. The van der Waals surface area contributed by atoms with Crippen LogP contribution >= 0.6 is 0 Å². The van der Waals surface area contributed by atoms with Gasteiger partial charge >= 0.3 is 5.97 Å². The zero-order chi connectivity index (χ0) is 31.4. The summed E-state index contributed by atoms with van der Waals surface area (Å²) >= 11 is 0. The topological polar surface area (TPSA) is 103 Å². The SMILES string of the molecule is CCC(=O)OC1CCC2C3CCC4=CC(=O)CCC4(C)C3CCC12C.Cc1cc(=O)c2c(O)c3c(cc2o1)OCC(C)CC3. The van der Waals surface area contributed by atoms with Gasteiger partial charge in [-0.05, 0) is 99.9 Å². The Bertz CT molecular complexity index is 1550. The molecule has 2 heterocycles. The number of carbonyl (C=O) groups excluding carboxylic acids is 2. The van der Waals surface area contributed by atoms with Gasteiger partial charge in [0.05, 0.1) is 6.61 Å². The average molecular weight is 605 g/mol. The van der Waals surface area contributed by atoms with Crippen molar-refractivity contribution in [3.8, 4) is 11.5 Å². The van der Waals surface area contributed by atoms with Gasteiger partial charge in [-0.25, -0.2) is 0 Å².